The summed E-state index contributed by atoms with van der Waals surface area (Å²) in [4.78, 5) is 0. The molecule has 0 radical (unpaired) electrons. The van der Waals surface area contributed by atoms with E-state index in [4.69, 9.17) is 0 Å². The summed E-state index contributed by atoms with van der Waals surface area (Å²) in [5.41, 5.74) is 3.05. The second-order valence-electron chi connectivity index (χ2n) is 7.75. The molecule has 1 aromatic carbocycles. The van der Waals surface area contributed by atoms with Crippen LogP contribution in [-0.4, -0.2) is 11.1 Å². The molecule has 19 heavy (non-hydrogen) atoms. The second-order valence-corrected chi connectivity index (χ2v) is 7.75. The van der Waals surface area contributed by atoms with E-state index in [0.29, 0.717) is 22.6 Å². The first-order chi connectivity index (χ1) is 8.67. The molecule has 0 aliphatic heterocycles. The molecule has 0 bridgehead atoms. The van der Waals surface area contributed by atoms with Crippen LogP contribution in [0.4, 0.5) is 5.69 Å². The molecule has 0 heterocycles. The van der Waals surface area contributed by atoms with Gasteiger partial charge in [-0.1, -0.05) is 27.7 Å². The molecule has 0 saturated heterocycles. The molecule has 2 N–H and O–H groups in total. The number of nitrogens with one attached hydrogen (secondary N) is 1. The minimum absolute atomic E-state index is 0.340. The van der Waals surface area contributed by atoms with Crippen LogP contribution in [0.1, 0.15) is 52.5 Å². The van der Waals surface area contributed by atoms with E-state index in [-0.39, 0.29) is 0 Å². The van der Waals surface area contributed by atoms with Crippen molar-refractivity contribution in [1.29, 1.82) is 0 Å². The van der Waals surface area contributed by atoms with Crippen molar-refractivity contribution < 1.29 is 5.11 Å². The topological polar surface area (TPSA) is 32.3 Å². The van der Waals surface area contributed by atoms with Gasteiger partial charge in [0.15, 0.2) is 0 Å². The van der Waals surface area contributed by atoms with Gasteiger partial charge in [0.1, 0.15) is 5.75 Å². The summed E-state index contributed by atoms with van der Waals surface area (Å²) < 4.78 is 0. The van der Waals surface area contributed by atoms with Gasteiger partial charge in [-0.15, -0.1) is 0 Å². The summed E-state index contributed by atoms with van der Waals surface area (Å²) in [5.74, 6) is 0.340. The predicted molar refractivity (Wildman–Crippen MR) is 81.7 cm³/mol. The Kier molecular flexibility index (Phi) is 3.55. The average Bonchev–Trinajstić information content (AvgIpc) is 2.17. The lowest BCUT2D eigenvalue weighted by atomic mass is 9.63. The van der Waals surface area contributed by atoms with E-state index in [1.54, 1.807) is 6.07 Å². The smallest absolute Gasteiger partial charge is 0.115 e. The van der Waals surface area contributed by atoms with Gasteiger partial charge in [0, 0.05) is 11.7 Å². The zero-order valence-electron chi connectivity index (χ0n) is 12.9. The van der Waals surface area contributed by atoms with E-state index in [1.165, 1.54) is 19.3 Å². The van der Waals surface area contributed by atoms with Crippen LogP contribution in [0.15, 0.2) is 18.2 Å². The first-order valence-corrected chi connectivity index (χ1v) is 7.23. The Morgan fingerprint density at radius 2 is 1.68 bits per heavy atom. The summed E-state index contributed by atoms with van der Waals surface area (Å²) in [7, 11) is 0. The minimum atomic E-state index is 0.340. The lowest BCUT2D eigenvalue weighted by Crippen LogP contribution is -2.40. The number of hydrogen-bond acceptors (Lipinski definition) is 2. The number of aryl methyl sites for hydroxylation is 1. The number of phenolic OH excluding ortho intramolecular Hbond substituents is 1. The van der Waals surface area contributed by atoms with E-state index in [1.807, 2.05) is 19.1 Å². The normalized spacial score (nSPS) is 22.2. The van der Waals surface area contributed by atoms with Crippen molar-refractivity contribution in [2.45, 2.75) is 59.9 Å². The molecule has 1 aromatic rings. The summed E-state index contributed by atoms with van der Waals surface area (Å²) in [6, 6.07) is 6.08. The highest BCUT2D eigenvalue weighted by atomic mass is 16.3. The summed E-state index contributed by atoms with van der Waals surface area (Å²) in [5, 5.41) is 13.2. The molecular formula is C17H27NO. The molecule has 2 nitrogen and oxygen atoms in total. The Bertz CT molecular complexity index is 446. The first-order valence-electron chi connectivity index (χ1n) is 7.23. The van der Waals surface area contributed by atoms with E-state index in [9.17, 15) is 5.11 Å². The first kappa shape index (κ1) is 14.2. The Labute approximate surface area is 117 Å². The highest BCUT2D eigenvalue weighted by molar-refractivity contribution is 5.54. The van der Waals surface area contributed by atoms with E-state index in [2.05, 4.69) is 33.0 Å². The lowest BCUT2D eigenvalue weighted by Gasteiger charge is -2.45. The van der Waals surface area contributed by atoms with Gasteiger partial charge in [-0.05, 0) is 60.8 Å². The average molecular weight is 261 g/mol. The number of aromatic hydroxyl groups is 1. The molecule has 1 aliphatic carbocycles. The van der Waals surface area contributed by atoms with Crippen molar-refractivity contribution in [1.82, 2.24) is 0 Å². The number of rotatable bonds is 2. The molecule has 2 rings (SSSR count). The maximum Gasteiger partial charge on any atom is 0.115 e. The van der Waals surface area contributed by atoms with Crippen molar-refractivity contribution >= 4 is 5.69 Å². The third kappa shape index (κ3) is 3.65. The molecule has 1 fully saturated rings. The van der Waals surface area contributed by atoms with Crippen LogP contribution in [0.3, 0.4) is 0 Å². The summed E-state index contributed by atoms with van der Waals surface area (Å²) in [6.45, 7) is 11.5. The largest absolute Gasteiger partial charge is 0.508 e. The van der Waals surface area contributed by atoms with E-state index in [0.717, 1.165) is 11.3 Å². The second kappa shape index (κ2) is 4.73. The Balaban J connectivity index is 2.14. The fourth-order valence-corrected chi connectivity index (χ4v) is 3.98. The number of phenols is 1. The third-order valence-electron chi connectivity index (χ3n) is 4.12. The van der Waals surface area contributed by atoms with Gasteiger partial charge >= 0.3 is 0 Å². The van der Waals surface area contributed by atoms with Crippen molar-refractivity contribution in [3.8, 4) is 5.75 Å². The van der Waals surface area contributed by atoms with Gasteiger partial charge in [-0.3, -0.25) is 0 Å². The maximum absolute atomic E-state index is 9.48. The van der Waals surface area contributed by atoms with Crippen LogP contribution in [0.5, 0.6) is 5.75 Å². The van der Waals surface area contributed by atoms with Crippen molar-refractivity contribution in [3.05, 3.63) is 23.8 Å². The van der Waals surface area contributed by atoms with Gasteiger partial charge in [0.2, 0.25) is 0 Å². The lowest BCUT2D eigenvalue weighted by molar-refractivity contribution is 0.105. The van der Waals surface area contributed by atoms with Gasteiger partial charge < -0.3 is 10.4 Å². The van der Waals surface area contributed by atoms with Crippen LogP contribution in [0.2, 0.25) is 0 Å². The molecule has 1 aliphatic rings. The van der Waals surface area contributed by atoms with Gasteiger partial charge in [-0.2, -0.15) is 0 Å². The minimum Gasteiger partial charge on any atom is -0.508 e. The molecule has 2 heteroatoms. The Morgan fingerprint density at radius 1 is 1.11 bits per heavy atom. The van der Waals surface area contributed by atoms with Gasteiger partial charge in [-0.25, -0.2) is 0 Å². The fraction of sp³-hybridized carbons (Fsp3) is 0.647. The van der Waals surface area contributed by atoms with Crippen LogP contribution >= 0.6 is 0 Å². The number of hydrogen-bond donors (Lipinski definition) is 2. The van der Waals surface area contributed by atoms with Crippen LogP contribution < -0.4 is 5.32 Å². The van der Waals surface area contributed by atoms with Gasteiger partial charge in [0.25, 0.3) is 0 Å². The van der Waals surface area contributed by atoms with E-state index >= 15 is 0 Å². The van der Waals surface area contributed by atoms with Crippen LogP contribution in [0, 0.1) is 17.8 Å². The predicted octanol–water partition coefficient (Wildman–Crippen LogP) is 4.72. The van der Waals surface area contributed by atoms with Gasteiger partial charge in [0.05, 0.1) is 0 Å². The van der Waals surface area contributed by atoms with Crippen molar-refractivity contribution in [2.24, 2.45) is 10.8 Å². The quantitative estimate of drug-likeness (QED) is 0.755. The Morgan fingerprint density at radius 3 is 2.21 bits per heavy atom. The van der Waals surface area contributed by atoms with Crippen molar-refractivity contribution in [2.75, 3.05) is 5.32 Å². The monoisotopic (exact) mass is 261 g/mol. The highest BCUT2D eigenvalue weighted by Gasteiger charge is 2.38. The molecule has 0 spiro atoms. The number of benzene rings is 1. The van der Waals surface area contributed by atoms with E-state index < -0.39 is 0 Å². The SMILES string of the molecule is Cc1cc(O)ccc1NC1CC(C)(C)CC(C)(C)C1. The zero-order chi connectivity index (χ0) is 14.3. The molecule has 0 aromatic heterocycles. The highest BCUT2D eigenvalue weighted by Crippen LogP contribution is 2.46. The molecule has 106 valence electrons. The molecule has 1 saturated carbocycles. The molecule has 0 unspecified atom stereocenters. The third-order valence-corrected chi connectivity index (χ3v) is 4.12. The zero-order valence-corrected chi connectivity index (χ0v) is 12.9. The Hall–Kier alpha value is -1.18. The number of anilines is 1. The summed E-state index contributed by atoms with van der Waals surface area (Å²) >= 11 is 0. The maximum atomic E-state index is 9.48. The van der Waals surface area contributed by atoms with Crippen molar-refractivity contribution in [3.63, 3.8) is 0 Å². The summed E-state index contributed by atoms with van der Waals surface area (Å²) in [6.07, 6.45) is 3.69. The molecule has 0 amide bonds. The molecule has 0 atom stereocenters. The molecular weight excluding hydrogens is 234 g/mol. The van der Waals surface area contributed by atoms with Crippen LogP contribution in [0.25, 0.3) is 0 Å². The van der Waals surface area contributed by atoms with Crippen LogP contribution in [-0.2, 0) is 0 Å². The fourth-order valence-electron chi connectivity index (χ4n) is 3.98. The standard InChI is InChI=1S/C17H27NO/c1-12-8-14(19)6-7-15(12)18-13-9-16(2,3)11-17(4,5)10-13/h6-8,13,18-19H,9-11H2,1-5H3.